The molecule has 1 rings (SSSR count). The molecular formula is C16H19N3O6. The van der Waals surface area contributed by atoms with Gasteiger partial charge in [0.1, 0.15) is 11.6 Å². The van der Waals surface area contributed by atoms with Crippen LogP contribution < -0.4 is 10.9 Å². The van der Waals surface area contributed by atoms with Crippen molar-refractivity contribution in [1.82, 2.24) is 10.3 Å². The average Bonchev–Trinajstić information content (AvgIpc) is 2.53. The molecule has 0 aliphatic heterocycles. The van der Waals surface area contributed by atoms with Crippen molar-refractivity contribution in [3.8, 4) is 6.07 Å². The Hall–Kier alpha value is -3.15. The zero-order valence-corrected chi connectivity index (χ0v) is 14.2. The van der Waals surface area contributed by atoms with Gasteiger partial charge in [-0.25, -0.2) is 4.79 Å². The van der Waals surface area contributed by atoms with E-state index in [1.54, 1.807) is 20.8 Å². The maximum atomic E-state index is 11.7. The number of esters is 1. The number of H-pyrrole nitrogens is 1. The molecule has 9 heteroatoms. The molecule has 0 aliphatic carbocycles. The molecule has 0 bridgehead atoms. The van der Waals surface area contributed by atoms with Crippen molar-refractivity contribution in [3.63, 3.8) is 0 Å². The third-order valence-corrected chi connectivity index (χ3v) is 3.38. The van der Waals surface area contributed by atoms with Gasteiger partial charge in [0.05, 0.1) is 6.61 Å². The smallest absolute Gasteiger partial charge is 0.413 e. The van der Waals surface area contributed by atoms with Crippen LogP contribution in [0.4, 0.5) is 4.79 Å². The van der Waals surface area contributed by atoms with Gasteiger partial charge < -0.3 is 14.5 Å². The fourth-order valence-electron chi connectivity index (χ4n) is 2.18. The van der Waals surface area contributed by atoms with Crippen molar-refractivity contribution in [1.29, 1.82) is 5.26 Å². The van der Waals surface area contributed by atoms with Gasteiger partial charge in [-0.2, -0.15) is 5.26 Å². The summed E-state index contributed by atoms with van der Waals surface area (Å²) in [7, 11) is 0. The van der Waals surface area contributed by atoms with E-state index in [0.717, 1.165) is 0 Å². The van der Waals surface area contributed by atoms with E-state index in [1.165, 1.54) is 0 Å². The van der Waals surface area contributed by atoms with Gasteiger partial charge in [-0.1, -0.05) is 0 Å². The number of aromatic amines is 1. The average molecular weight is 349 g/mol. The Morgan fingerprint density at radius 2 is 1.92 bits per heavy atom. The van der Waals surface area contributed by atoms with E-state index < -0.39 is 30.1 Å². The monoisotopic (exact) mass is 349 g/mol. The second-order valence-electron chi connectivity index (χ2n) is 5.10. The van der Waals surface area contributed by atoms with E-state index in [2.05, 4.69) is 9.72 Å². The van der Waals surface area contributed by atoms with Crippen molar-refractivity contribution in [2.24, 2.45) is 0 Å². The first-order valence-electron chi connectivity index (χ1n) is 7.54. The van der Waals surface area contributed by atoms with Gasteiger partial charge in [0.2, 0.25) is 0 Å². The van der Waals surface area contributed by atoms with Crippen molar-refractivity contribution < 1.29 is 23.9 Å². The van der Waals surface area contributed by atoms with Crippen LogP contribution in [-0.4, -0.2) is 36.2 Å². The zero-order chi connectivity index (χ0) is 19.0. The number of alkyl carbamates (subject to hydrolysis) is 1. The third-order valence-electron chi connectivity index (χ3n) is 3.38. The summed E-state index contributed by atoms with van der Waals surface area (Å²) in [5.41, 5.74) is 1.28. The first-order valence-corrected chi connectivity index (χ1v) is 7.54. The Kier molecular flexibility index (Phi) is 7.34. The summed E-state index contributed by atoms with van der Waals surface area (Å²) >= 11 is 0. The molecule has 0 aromatic carbocycles. The van der Waals surface area contributed by atoms with Gasteiger partial charge in [0, 0.05) is 12.1 Å². The summed E-state index contributed by atoms with van der Waals surface area (Å²) in [6, 6.07) is 1.83. The molecule has 0 aliphatic rings. The molecular weight excluding hydrogens is 330 g/mol. The van der Waals surface area contributed by atoms with Crippen LogP contribution in [0.2, 0.25) is 0 Å². The van der Waals surface area contributed by atoms with E-state index in [-0.39, 0.29) is 25.0 Å². The molecule has 1 aromatic rings. The van der Waals surface area contributed by atoms with E-state index in [4.69, 9.17) is 10.00 Å². The number of rotatable bonds is 6. The number of carbonyl (C=O) groups excluding carboxylic acids is 3. The van der Waals surface area contributed by atoms with Gasteiger partial charge in [0.25, 0.3) is 11.5 Å². The number of nitrogens with zero attached hydrogens (tertiary/aromatic N) is 1. The molecule has 0 saturated heterocycles. The number of pyridine rings is 1. The number of nitrogens with one attached hydrogen (secondary N) is 2. The highest BCUT2D eigenvalue weighted by atomic mass is 16.6. The van der Waals surface area contributed by atoms with Crippen molar-refractivity contribution in [3.05, 3.63) is 32.7 Å². The molecule has 0 unspecified atom stereocenters. The maximum absolute atomic E-state index is 11.7. The predicted octanol–water partition coefficient (Wildman–Crippen LogP) is 0.612. The van der Waals surface area contributed by atoms with Gasteiger partial charge in [0.15, 0.2) is 6.61 Å². The normalized spacial score (nSPS) is 9.84. The lowest BCUT2D eigenvalue weighted by atomic mass is 9.99. The maximum Gasteiger partial charge on any atom is 0.413 e. The lowest BCUT2D eigenvalue weighted by molar-refractivity contribution is -0.148. The van der Waals surface area contributed by atoms with Crippen molar-refractivity contribution in [2.45, 2.75) is 33.6 Å². The number of nitriles is 1. The topological polar surface area (TPSA) is 138 Å². The van der Waals surface area contributed by atoms with E-state index in [1.807, 2.05) is 11.4 Å². The summed E-state index contributed by atoms with van der Waals surface area (Å²) in [5.74, 6) is -1.45. The van der Waals surface area contributed by atoms with Crippen LogP contribution in [0.1, 0.15) is 35.7 Å². The molecule has 1 heterocycles. The third kappa shape index (κ3) is 5.76. The van der Waals surface area contributed by atoms with Crippen LogP contribution in [0.5, 0.6) is 0 Å². The SMILES string of the molecule is CCOC(=O)NC(=O)COC(=O)CCc1c(C)[nH]c(=O)c(C#N)c1C. The number of hydrogen-bond acceptors (Lipinski definition) is 7. The molecule has 0 spiro atoms. The van der Waals surface area contributed by atoms with Crippen LogP contribution in [0.15, 0.2) is 4.79 Å². The predicted molar refractivity (Wildman–Crippen MR) is 85.7 cm³/mol. The van der Waals surface area contributed by atoms with Crippen LogP contribution in [-0.2, 0) is 25.5 Å². The fraction of sp³-hybridized carbons (Fsp3) is 0.438. The fourth-order valence-corrected chi connectivity index (χ4v) is 2.18. The Morgan fingerprint density at radius 3 is 2.52 bits per heavy atom. The number of hydrogen-bond donors (Lipinski definition) is 2. The van der Waals surface area contributed by atoms with Crippen LogP contribution in [0, 0.1) is 25.2 Å². The number of ether oxygens (including phenoxy) is 2. The lowest BCUT2D eigenvalue weighted by Crippen LogP contribution is -2.34. The largest absolute Gasteiger partial charge is 0.456 e. The number of aromatic nitrogens is 1. The lowest BCUT2D eigenvalue weighted by Gasteiger charge is -2.10. The summed E-state index contributed by atoms with van der Waals surface area (Å²) < 4.78 is 9.28. The molecule has 0 atom stereocenters. The zero-order valence-electron chi connectivity index (χ0n) is 14.2. The molecule has 2 N–H and O–H groups in total. The van der Waals surface area contributed by atoms with Crippen LogP contribution in [0.25, 0.3) is 0 Å². The van der Waals surface area contributed by atoms with Gasteiger partial charge in [-0.05, 0) is 38.3 Å². The Balaban J connectivity index is 2.58. The Labute approximate surface area is 143 Å². The molecule has 1 aromatic heterocycles. The molecule has 0 radical (unpaired) electrons. The quantitative estimate of drug-likeness (QED) is 0.717. The second kappa shape index (κ2) is 9.22. The summed E-state index contributed by atoms with van der Waals surface area (Å²) in [5, 5.41) is 10.9. The van der Waals surface area contributed by atoms with E-state index in [0.29, 0.717) is 16.8 Å². The van der Waals surface area contributed by atoms with Gasteiger partial charge >= 0.3 is 12.1 Å². The van der Waals surface area contributed by atoms with Crippen molar-refractivity contribution >= 4 is 18.0 Å². The molecule has 9 nitrogen and oxygen atoms in total. The Bertz CT molecular complexity index is 775. The van der Waals surface area contributed by atoms with Crippen LogP contribution in [0.3, 0.4) is 0 Å². The minimum absolute atomic E-state index is 0.00258. The summed E-state index contributed by atoms with van der Waals surface area (Å²) in [6.07, 6.45) is -0.723. The minimum atomic E-state index is -0.910. The standard InChI is InChI=1S/C16H19N3O6/c1-4-24-16(23)19-13(20)8-25-14(21)6-5-11-9(2)12(7-17)15(22)18-10(11)3/h4-6,8H2,1-3H3,(H,18,22)(H,19,20,23). The van der Waals surface area contributed by atoms with Gasteiger partial charge in [-0.3, -0.25) is 19.7 Å². The van der Waals surface area contributed by atoms with Crippen molar-refractivity contribution in [2.75, 3.05) is 13.2 Å². The highest BCUT2D eigenvalue weighted by molar-refractivity contribution is 5.93. The summed E-state index contributed by atoms with van der Waals surface area (Å²) in [6.45, 7) is 4.39. The molecule has 2 amide bonds. The first-order chi connectivity index (χ1) is 11.8. The molecule has 25 heavy (non-hydrogen) atoms. The van der Waals surface area contributed by atoms with E-state index >= 15 is 0 Å². The minimum Gasteiger partial charge on any atom is -0.456 e. The molecule has 0 saturated carbocycles. The van der Waals surface area contributed by atoms with E-state index in [9.17, 15) is 19.2 Å². The number of imide groups is 1. The number of amides is 2. The first kappa shape index (κ1) is 19.9. The van der Waals surface area contributed by atoms with Gasteiger partial charge in [-0.15, -0.1) is 0 Å². The summed E-state index contributed by atoms with van der Waals surface area (Å²) in [4.78, 5) is 48.3. The Morgan fingerprint density at radius 1 is 1.24 bits per heavy atom. The molecule has 0 fully saturated rings. The second-order valence-corrected chi connectivity index (χ2v) is 5.10. The number of carbonyl (C=O) groups is 3. The highest BCUT2D eigenvalue weighted by Crippen LogP contribution is 2.15. The van der Waals surface area contributed by atoms with Crippen LogP contribution >= 0.6 is 0 Å². The highest BCUT2D eigenvalue weighted by Gasteiger charge is 2.15. The number of aryl methyl sites for hydroxylation is 1. The molecule has 134 valence electrons.